The van der Waals surface area contributed by atoms with E-state index in [0.717, 1.165) is 0 Å². The van der Waals surface area contributed by atoms with E-state index >= 15 is 0 Å². The molecule has 13 heavy (non-hydrogen) atoms. The fraction of sp³-hybridized carbons (Fsp3) is 0.286. The van der Waals surface area contributed by atoms with Crippen molar-refractivity contribution < 1.29 is 13.2 Å². The van der Waals surface area contributed by atoms with Crippen molar-refractivity contribution in [1.29, 1.82) is 0 Å². The van der Waals surface area contributed by atoms with Gasteiger partial charge >= 0.3 is 6.18 Å². The van der Waals surface area contributed by atoms with Crippen molar-refractivity contribution in [3.8, 4) is 0 Å². The van der Waals surface area contributed by atoms with Gasteiger partial charge in [-0.3, -0.25) is 4.98 Å². The second-order valence-corrected chi connectivity index (χ2v) is 2.80. The van der Waals surface area contributed by atoms with Gasteiger partial charge in [0.1, 0.15) is 6.04 Å². The Bertz CT molecular complexity index is 300. The monoisotopic (exact) mass is 210 g/mol. The predicted octanol–water partition coefficient (Wildman–Crippen LogP) is 2.30. The summed E-state index contributed by atoms with van der Waals surface area (Å²) in [6.07, 6.45) is -3.30. The SMILES string of the molecule is N[C@@H](c1ncccc1Cl)C(F)(F)F. The predicted molar refractivity (Wildman–Crippen MR) is 42.2 cm³/mol. The van der Waals surface area contributed by atoms with Crippen LogP contribution in [0.25, 0.3) is 0 Å². The minimum Gasteiger partial charge on any atom is -0.315 e. The molecule has 0 bridgehead atoms. The van der Waals surface area contributed by atoms with Gasteiger partial charge in [-0.1, -0.05) is 11.6 Å². The van der Waals surface area contributed by atoms with E-state index in [0.29, 0.717) is 0 Å². The first-order valence-corrected chi connectivity index (χ1v) is 3.73. The van der Waals surface area contributed by atoms with Gasteiger partial charge in [0.15, 0.2) is 0 Å². The van der Waals surface area contributed by atoms with Crippen LogP contribution < -0.4 is 5.73 Å². The first-order valence-electron chi connectivity index (χ1n) is 3.35. The van der Waals surface area contributed by atoms with Gasteiger partial charge in [0.05, 0.1) is 10.7 Å². The van der Waals surface area contributed by atoms with Crippen LogP contribution in [0.15, 0.2) is 18.3 Å². The third-order valence-corrected chi connectivity index (χ3v) is 1.75. The van der Waals surface area contributed by atoms with E-state index in [9.17, 15) is 13.2 Å². The number of nitrogens with two attached hydrogens (primary N) is 1. The lowest BCUT2D eigenvalue weighted by molar-refractivity contribution is -0.149. The molecule has 1 aromatic rings. The van der Waals surface area contributed by atoms with Crippen LogP contribution in [-0.2, 0) is 0 Å². The van der Waals surface area contributed by atoms with Crippen molar-refractivity contribution in [2.24, 2.45) is 5.73 Å². The fourth-order valence-electron chi connectivity index (χ4n) is 0.782. The molecule has 0 spiro atoms. The number of halogens is 4. The van der Waals surface area contributed by atoms with Crippen LogP contribution in [0.3, 0.4) is 0 Å². The van der Waals surface area contributed by atoms with Gasteiger partial charge in [0, 0.05) is 6.20 Å². The standard InChI is InChI=1S/C7H6ClF3N2/c8-4-2-1-3-13-5(4)6(12)7(9,10)11/h1-3,6H,12H2/t6-/m0/s1. The van der Waals surface area contributed by atoms with Crippen molar-refractivity contribution in [2.75, 3.05) is 0 Å². The molecule has 1 aromatic heterocycles. The minimum absolute atomic E-state index is 0.0766. The Kier molecular flexibility index (Phi) is 2.77. The molecular weight excluding hydrogens is 205 g/mol. The molecule has 2 nitrogen and oxygen atoms in total. The highest BCUT2D eigenvalue weighted by molar-refractivity contribution is 6.31. The highest BCUT2D eigenvalue weighted by Gasteiger charge is 2.39. The summed E-state index contributed by atoms with van der Waals surface area (Å²) in [7, 11) is 0. The van der Waals surface area contributed by atoms with Gasteiger partial charge in [-0.25, -0.2) is 0 Å². The molecule has 0 aliphatic carbocycles. The molecule has 0 aliphatic rings. The lowest BCUT2D eigenvalue weighted by Gasteiger charge is -2.15. The number of aromatic nitrogens is 1. The summed E-state index contributed by atoms with van der Waals surface area (Å²) in [4.78, 5) is 3.47. The van der Waals surface area contributed by atoms with Crippen molar-refractivity contribution >= 4 is 11.6 Å². The first kappa shape index (κ1) is 10.3. The number of pyridine rings is 1. The van der Waals surface area contributed by atoms with Gasteiger partial charge in [0.2, 0.25) is 0 Å². The molecule has 0 unspecified atom stereocenters. The summed E-state index contributed by atoms with van der Waals surface area (Å²) >= 11 is 5.48. The first-order chi connectivity index (χ1) is 5.93. The van der Waals surface area contributed by atoms with Crippen LogP contribution in [0.4, 0.5) is 13.2 Å². The van der Waals surface area contributed by atoms with E-state index in [-0.39, 0.29) is 10.7 Å². The summed E-state index contributed by atoms with van der Waals surface area (Å²) in [6.45, 7) is 0. The van der Waals surface area contributed by atoms with Gasteiger partial charge in [0.25, 0.3) is 0 Å². The summed E-state index contributed by atoms with van der Waals surface area (Å²) in [6, 6.07) is 0.630. The molecule has 6 heteroatoms. The van der Waals surface area contributed by atoms with Gasteiger partial charge in [-0.05, 0) is 12.1 Å². The number of hydrogen-bond donors (Lipinski definition) is 1. The average Bonchev–Trinajstić information content (AvgIpc) is 2.02. The third kappa shape index (κ3) is 2.32. The summed E-state index contributed by atoms with van der Waals surface area (Å²) in [5, 5.41) is -0.0766. The number of hydrogen-bond acceptors (Lipinski definition) is 2. The van der Waals surface area contributed by atoms with Crippen LogP contribution in [0, 0.1) is 0 Å². The van der Waals surface area contributed by atoms with E-state index in [4.69, 9.17) is 17.3 Å². The Hall–Kier alpha value is -0.810. The molecule has 0 aliphatic heterocycles. The maximum absolute atomic E-state index is 12.1. The Labute approximate surface area is 77.5 Å². The third-order valence-electron chi connectivity index (χ3n) is 1.43. The zero-order valence-corrected chi connectivity index (χ0v) is 7.10. The van der Waals surface area contributed by atoms with Gasteiger partial charge in [-0.2, -0.15) is 13.2 Å². The van der Waals surface area contributed by atoms with Crippen LogP contribution in [-0.4, -0.2) is 11.2 Å². The molecule has 2 N–H and O–H groups in total. The fourth-order valence-corrected chi connectivity index (χ4v) is 1.02. The Morgan fingerprint density at radius 2 is 2.08 bits per heavy atom. The minimum atomic E-state index is -4.52. The van der Waals surface area contributed by atoms with Crippen LogP contribution in [0.5, 0.6) is 0 Å². The zero-order chi connectivity index (χ0) is 10.1. The molecule has 0 saturated heterocycles. The van der Waals surface area contributed by atoms with Crippen molar-refractivity contribution in [2.45, 2.75) is 12.2 Å². The maximum Gasteiger partial charge on any atom is 0.409 e. The second-order valence-electron chi connectivity index (χ2n) is 2.39. The lowest BCUT2D eigenvalue weighted by atomic mass is 10.2. The van der Waals surface area contributed by atoms with Gasteiger partial charge < -0.3 is 5.73 Å². The van der Waals surface area contributed by atoms with Crippen LogP contribution in [0.2, 0.25) is 5.02 Å². The highest BCUT2D eigenvalue weighted by atomic mass is 35.5. The number of nitrogens with zero attached hydrogens (tertiary/aromatic N) is 1. The molecule has 72 valence electrons. The number of alkyl halides is 3. The second kappa shape index (κ2) is 3.51. The molecule has 1 heterocycles. The Morgan fingerprint density at radius 3 is 2.54 bits per heavy atom. The van der Waals surface area contributed by atoms with Crippen LogP contribution in [0.1, 0.15) is 11.7 Å². The van der Waals surface area contributed by atoms with Crippen molar-refractivity contribution in [1.82, 2.24) is 4.98 Å². The van der Waals surface area contributed by atoms with E-state index in [1.807, 2.05) is 0 Å². The van der Waals surface area contributed by atoms with Crippen molar-refractivity contribution in [3.05, 3.63) is 29.0 Å². The van der Waals surface area contributed by atoms with Gasteiger partial charge in [-0.15, -0.1) is 0 Å². The summed E-state index contributed by atoms with van der Waals surface area (Å²) in [5.74, 6) is 0. The zero-order valence-electron chi connectivity index (χ0n) is 6.35. The Balaban J connectivity index is 3.02. The molecule has 0 fully saturated rings. The quantitative estimate of drug-likeness (QED) is 0.773. The molecular formula is C7H6ClF3N2. The van der Waals surface area contributed by atoms with E-state index in [2.05, 4.69) is 4.98 Å². The molecule has 1 rings (SSSR count). The molecule has 0 aromatic carbocycles. The topological polar surface area (TPSA) is 38.9 Å². The maximum atomic E-state index is 12.1. The molecule has 0 saturated carbocycles. The molecule has 0 amide bonds. The van der Waals surface area contributed by atoms with Crippen LogP contribution >= 0.6 is 11.6 Å². The normalized spacial score (nSPS) is 14.2. The Morgan fingerprint density at radius 1 is 1.46 bits per heavy atom. The van der Waals surface area contributed by atoms with E-state index in [1.54, 1.807) is 0 Å². The van der Waals surface area contributed by atoms with E-state index in [1.165, 1.54) is 18.3 Å². The summed E-state index contributed by atoms with van der Waals surface area (Å²) in [5.41, 5.74) is 4.55. The van der Waals surface area contributed by atoms with Crippen molar-refractivity contribution in [3.63, 3.8) is 0 Å². The summed E-state index contributed by atoms with van der Waals surface area (Å²) < 4.78 is 36.3. The molecule has 0 radical (unpaired) electrons. The smallest absolute Gasteiger partial charge is 0.315 e. The number of rotatable bonds is 1. The largest absolute Gasteiger partial charge is 0.409 e. The lowest BCUT2D eigenvalue weighted by Crippen LogP contribution is -2.29. The molecule has 1 atom stereocenters. The highest BCUT2D eigenvalue weighted by Crippen LogP contribution is 2.32. The average molecular weight is 211 g/mol. The van der Waals surface area contributed by atoms with E-state index < -0.39 is 12.2 Å².